The number of imide groups is 1. The third-order valence-corrected chi connectivity index (χ3v) is 6.04. The summed E-state index contributed by atoms with van der Waals surface area (Å²) in [6.07, 6.45) is 0. The molecule has 0 radical (unpaired) electrons. The van der Waals surface area contributed by atoms with Crippen LogP contribution < -0.4 is 15.0 Å². The predicted octanol–water partition coefficient (Wildman–Crippen LogP) is 5.77. The summed E-state index contributed by atoms with van der Waals surface area (Å²) >= 11 is 13.7. The maximum Gasteiger partial charge on any atom is 0.282 e. The summed E-state index contributed by atoms with van der Waals surface area (Å²) in [6, 6.07) is 13.8. The summed E-state index contributed by atoms with van der Waals surface area (Å²) in [7, 11) is 1.52. The number of benzene rings is 2. The van der Waals surface area contributed by atoms with E-state index in [1.807, 2.05) is 18.4 Å². The van der Waals surface area contributed by atoms with Crippen LogP contribution in [0.25, 0.3) is 5.57 Å². The molecule has 4 rings (SSSR count). The van der Waals surface area contributed by atoms with E-state index in [9.17, 15) is 9.59 Å². The molecule has 0 spiro atoms. The number of anilines is 2. The van der Waals surface area contributed by atoms with Gasteiger partial charge in [0.1, 0.15) is 11.4 Å². The minimum absolute atomic E-state index is 0.155. The topological polar surface area (TPSA) is 58.6 Å². The van der Waals surface area contributed by atoms with Gasteiger partial charge in [-0.1, -0.05) is 35.3 Å². The van der Waals surface area contributed by atoms with Gasteiger partial charge in [-0.25, -0.2) is 4.90 Å². The maximum absolute atomic E-state index is 13.4. The molecule has 1 aliphatic heterocycles. The van der Waals surface area contributed by atoms with Crippen molar-refractivity contribution >= 4 is 63.3 Å². The van der Waals surface area contributed by atoms with E-state index >= 15 is 0 Å². The number of carbonyl (C=O) groups is 2. The van der Waals surface area contributed by atoms with Crippen LogP contribution in [0.3, 0.4) is 0 Å². The first-order chi connectivity index (χ1) is 14.4. The number of hydrogen-bond acceptors (Lipinski definition) is 5. The van der Waals surface area contributed by atoms with Gasteiger partial charge in [-0.2, -0.15) is 0 Å². The van der Waals surface area contributed by atoms with Gasteiger partial charge < -0.3 is 10.1 Å². The molecule has 3 aromatic rings. The average Bonchev–Trinajstić information content (AvgIpc) is 3.31. The number of aryl methyl sites for hydroxylation is 1. The first kappa shape index (κ1) is 20.5. The molecule has 30 heavy (non-hydrogen) atoms. The largest absolute Gasteiger partial charge is 0.495 e. The number of thiophene rings is 1. The molecular weight excluding hydrogens is 443 g/mol. The van der Waals surface area contributed by atoms with Gasteiger partial charge in [0, 0.05) is 14.9 Å². The van der Waals surface area contributed by atoms with E-state index in [0.717, 1.165) is 10.5 Å². The highest BCUT2D eigenvalue weighted by Crippen LogP contribution is 2.39. The Labute approximate surface area is 187 Å². The number of methoxy groups -OCH3 is 1. The third kappa shape index (κ3) is 3.58. The number of hydrogen-bond donors (Lipinski definition) is 1. The van der Waals surface area contributed by atoms with Crippen LogP contribution >= 0.6 is 34.5 Å². The number of rotatable bonds is 5. The normalized spacial score (nSPS) is 13.9. The van der Waals surface area contributed by atoms with Gasteiger partial charge in [0.25, 0.3) is 11.8 Å². The van der Waals surface area contributed by atoms with Crippen LogP contribution in [0, 0.1) is 6.92 Å². The second-order valence-electron chi connectivity index (χ2n) is 6.57. The van der Waals surface area contributed by atoms with Crippen molar-refractivity contribution in [2.75, 3.05) is 17.3 Å². The summed E-state index contributed by atoms with van der Waals surface area (Å²) in [4.78, 5) is 28.7. The molecular formula is C22H16Cl2N2O3S. The molecule has 2 aromatic carbocycles. The third-order valence-electron chi connectivity index (χ3n) is 4.68. The van der Waals surface area contributed by atoms with E-state index in [-0.39, 0.29) is 11.3 Å². The van der Waals surface area contributed by atoms with Gasteiger partial charge in [0.2, 0.25) is 0 Å². The van der Waals surface area contributed by atoms with E-state index in [0.29, 0.717) is 32.0 Å². The Morgan fingerprint density at radius 3 is 2.43 bits per heavy atom. The summed E-state index contributed by atoms with van der Waals surface area (Å²) in [5, 5.41) is 5.84. The smallest absolute Gasteiger partial charge is 0.282 e. The highest BCUT2D eigenvalue weighted by molar-refractivity contribution is 7.11. The fourth-order valence-electron chi connectivity index (χ4n) is 3.25. The molecule has 2 amide bonds. The highest BCUT2D eigenvalue weighted by Gasteiger charge is 2.41. The zero-order chi connectivity index (χ0) is 21.4. The van der Waals surface area contributed by atoms with Crippen LogP contribution in [0.4, 0.5) is 11.4 Å². The summed E-state index contributed by atoms with van der Waals surface area (Å²) in [5.74, 6) is -0.401. The molecule has 0 fully saturated rings. The Morgan fingerprint density at radius 1 is 1.00 bits per heavy atom. The van der Waals surface area contributed by atoms with Gasteiger partial charge in [-0.05, 0) is 54.3 Å². The van der Waals surface area contributed by atoms with Crippen molar-refractivity contribution in [1.82, 2.24) is 0 Å². The fourth-order valence-corrected chi connectivity index (χ4v) is 4.36. The van der Waals surface area contributed by atoms with E-state index in [4.69, 9.17) is 27.9 Å². The lowest BCUT2D eigenvalue weighted by molar-refractivity contribution is -0.120. The predicted molar refractivity (Wildman–Crippen MR) is 122 cm³/mol. The minimum atomic E-state index is -0.476. The van der Waals surface area contributed by atoms with Crippen molar-refractivity contribution in [3.8, 4) is 5.75 Å². The second kappa shape index (κ2) is 8.14. The lowest BCUT2D eigenvalue weighted by atomic mass is 10.1. The number of halogens is 2. The number of carbonyl (C=O) groups excluding carboxylic acids is 2. The zero-order valence-corrected chi connectivity index (χ0v) is 18.4. The molecule has 8 heteroatoms. The van der Waals surface area contributed by atoms with Crippen molar-refractivity contribution in [2.24, 2.45) is 0 Å². The molecule has 0 unspecified atom stereocenters. The zero-order valence-electron chi connectivity index (χ0n) is 16.0. The second-order valence-corrected chi connectivity index (χ2v) is 8.39. The minimum Gasteiger partial charge on any atom is -0.495 e. The molecule has 0 atom stereocenters. The number of amides is 2. The van der Waals surface area contributed by atoms with Crippen molar-refractivity contribution in [1.29, 1.82) is 0 Å². The molecule has 1 N–H and O–H groups in total. The van der Waals surface area contributed by atoms with Crippen molar-refractivity contribution in [3.63, 3.8) is 0 Å². The van der Waals surface area contributed by atoms with Crippen molar-refractivity contribution in [2.45, 2.75) is 6.92 Å². The Morgan fingerprint density at radius 2 is 1.73 bits per heavy atom. The van der Waals surface area contributed by atoms with E-state index in [1.54, 1.807) is 42.5 Å². The molecule has 152 valence electrons. The SMILES string of the molecule is COc1ccc(Cl)cc1NC1=C(c2cccs2)C(=O)N(c2cc(Cl)ccc2C)C1=O. The number of ether oxygens (including phenoxy) is 1. The van der Waals surface area contributed by atoms with E-state index < -0.39 is 11.8 Å². The standard InChI is InChI=1S/C22H16Cl2N2O3S/c1-12-5-6-14(24)11-16(12)26-21(27)19(18-4-3-9-30-18)20(22(26)28)25-15-10-13(23)7-8-17(15)29-2/h3-11,25H,1-2H3. The molecule has 1 aliphatic rings. The molecule has 0 saturated carbocycles. The molecule has 5 nitrogen and oxygen atoms in total. The van der Waals surface area contributed by atoms with Gasteiger partial charge in [0.05, 0.1) is 24.1 Å². The lowest BCUT2D eigenvalue weighted by Crippen LogP contribution is -2.33. The summed E-state index contributed by atoms with van der Waals surface area (Å²) in [6.45, 7) is 1.82. The first-order valence-corrected chi connectivity index (χ1v) is 10.6. The molecule has 2 heterocycles. The molecule has 0 aliphatic carbocycles. The van der Waals surface area contributed by atoms with E-state index in [1.165, 1.54) is 18.4 Å². The molecule has 0 bridgehead atoms. The van der Waals surface area contributed by atoms with Gasteiger partial charge in [-0.15, -0.1) is 11.3 Å². The fraction of sp³-hybridized carbons (Fsp3) is 0.0909. The van der Waals surface area contributed by atoms with Crippen LogP contribution in [-0.4, -0.2) is 18.9 Å². The Kier molecular flexibility index (Phi) is 5.56. The van der Waals surface area contributed by atoms with Gasteiger partial charge >= 0.3 is 0 Å². The Bertz CT molecular complexity index is 1190. The molecule has 0 saturated heterocycles. The lowest BCUT2D eigenvalue weighted by Gasteiger charge is -2.18. The maximum atomic E-state index is 13.4. The average molecular weight is 459 g/mol. The van der Waals surface area contributed by atoms with Crippen LogP contribution in [0.5, 0.6) is 5.75 Å². The van der Waals surface area contributed by atoms with E-state index in [2.05, 4.69) is 5.32 Å². The van der Waals surface area contributed by atoms with Crippen LogP contribution in [0.15, 0.2) is 59.6 Å². The number of nitrogens with one attached hydrogen (secondary N) is 1. The van der Waals surface area contributed by atoms with Gasteiger partial charge in [-0.3, -0.25) is 9.59 Å². The Balaban J connectivity index is 1.85. The highest BCUT2D eigenvalue weighted by atomic mass is 35.5. The van der Waals surface area contributed by atoms with Crippen LogP contribution in [0.1, 0.15) is 10.4 Å². The first-order valence-electron chi connectivity index (χ1n) is 8.94. The summed E-state index contributed by atoms with van der Waals surface area (Å²) in [5.41, 5.74) is 2.13. The quantitative estimate of drug-likeness (QED) is 0.493. The molecule has 1 aromatic heterocycles. The number of nitrogens with zero attached hydrogens (tertiary/aromatic N) is 1. The monoisotopic (exact) mass is 458 g/mol. The van der Waals surface area contributed by atoms with Crippen LogP contribution in [-0.2, 0) is 9.59 Å². The van der Waals surface area contributed by atoms with Crippen molar-refractivity contribution in [3.05, 3.63) is 80.1 Å². The van der Waals surface area contributed by atoms with Crippen LogP contribution in [0.2, 0.25) is 10.0 Å². The summed E-state index contributed by atoms with van der Waals surface area (Å²) < 4.78 is 5.38. The van der Waals surface area contributed by atoms with Crippen molar-refractivity contribution < 1.29 is 14.3 Å². The van der Waals surface area contributed by atoms with Gasteiger partial charge in [0.15, 0.2) is 0 Å². The Hall–Kier alpha value is -2.80.